The van der Waals surface area contributed by atoms with Crippen LogP contribution in [0.5, 0.6) is 0 Å². The summed E-state index contributed by atoms with van der Waals surface area (Å²) in [4.78, 5) is 34.1. The van der Waals surface area contributed by atoms with Crippen molar-refractivity contribution in [2.75, 3.05) is 25.4 Å². The van der Waals surface area contributed by atoms with Gasteiger partial charge < -0.3 is 18.8 Å². The Kier molecular flexibility index (Phi) is 7.74. The molecule has 1 aliphatic rings. The van der Waals surface area contributed by atoms with E-state index < -0.39 is 0 Å². The van der Waals surface area contributed by atoms with Crippen molar-refractivity contribution in [3.8, 4) is 0 Å². The van der Waals surface area contributed by atoms with Gasteiger partial charge in [0.05, 0.1) is 11.8 Å². The third-order valence-corrected chi connectivity index (χ3v) is 8.45. The molecule has 2 amide bonds. The molecular formula is C31H32N6O3S. The van der Waals surface area contributed by atoms with Crippen LogP contribution in [0.25, 0.3) is 22.1 Å². The second-order valence-corrected chi connectivity index (χ2v) is 11.5. The largest absolute Gasteiger partial charge is 0.459 e. The van der Waals surface area contributed by atoms with E-state index in [0.717, 1.165) is 22.1 Å². The standard InChI is InChI=1S/C31H32N6O3S/c1-21-12-13-25-24(18-21)28-29(37(25)20-23-8-4-3-5-9-23)32-31(34-33-28)41-17-7-11-27(38)35-14-15-36(22(2)19-35)30(39)26-10-6-16-40-26/h3-6,8-10,12-13,16,18,22H,7,11,14-15,17,19-20H2,1-2H3. The lowest BCUT2D eigenvalue weighted by Crippen LogP contribution is -2.55. The lowest BCUT2D eigenvalue weighted by Gasteiger charge is -2.39. The van der Waals surface area contributed by atoms with Gasteiger partial charge in [-0.3, -0.25) is 9.59 Å². The molecule has 5 aromatic rings. The highest BCUT2D eigenvalue weighted by Gasteiger charge is 2.31. The van der Waals surface area contributed by atoms with Gasteiger partial charge in [0.1, 0.15) is 5.52 Å². The Labute approximate surface area is 242 Å². The molecule has 1 unspecified atom stereocenters. The van der Waals surface area contributed by atoms with Crippen LogP contribution in [-0.4, -0.2) is 72.8 Å². The monoisotopic (exact) mass is 568 g/mol. The lowest BCUT2D eigenvalue weighted by atomic mass is 10.1. The van der Waals surface area contributed by atoms with Gasteiger partial charge in [-0.1, -0.05) is 53.7 Å². The van der Waals surface area contributed by atoms with Crippen molar-refractivity contribution in [1.82, 2.24) is 29.5 Å². The molecule has 4 heterocycles. The summed E-state index contributed by atoms with van der Waals surface area (Å²) in [6, 6.07) is 20.0. The fraction of sp³-hybridized carbons (Fsp3) is 0.323. The summed E-state index contributed by atoms with van der Waals surface area (Å²) in [5.74, 6) is 1.02. The molecule has 10 heteroatoms. The Hall–Kier alpha value is -4.18. The lowest BCUT2D eigenvalue weighted by molar-refractivity contribution is -0.133. The first-order chi connectivity index (χ1) is 20.0. The van der Waals surface area contributed by atoms with Crippen molar-refractivity contribution >= 4 is 45.6 Å². The van der Waals surface area contributed by atoms with Gasteiger partial charge in [-0.05, 0) is 50.1 Å². The summed E-state index contributed by atoms with van der Waals surface area (Å²) in [7, 11) is 0. The minimum Gasteiger partial charge on any atom is -0.459 e. The van der Waals surface area contributed by atoms with Gasteiger partial charge in [0.15, 0.2) is 11.4 Å². The van der Waals surface area contributed by atoms with E-state index in [0.29, 0.717) is 55.7 Å². The second-order valence-electron chi connectivity index (χ2n) is 10.5. The average Bonchev–Trinajstić information content (AvgIpc) is 3.63. The van der Waals surface area contributed by atoms with Crippen LogP contribution in [0.4, 0.5) is 0 Å². The number of thioether (sulfide) groups is 1. The summed E-state index contributed by atoms with van der Waals surface area (Å²) in [5, 5.41) is 10.7. The van der Waals surface area contributed by atoms with Gasteiger partial charge >= 0.3 is 0 Å². The predicted molar refractivity (Wildman–Crippen MR) is 159 cm³/mol. The molecule has 1 aliphatic heterocycles. The Morgan fingerprint density at radius 1 is 1.05 bits per heavy atom. The Morgan fingerprint density at radius 2 is 1.90 bits per heavy atom. The van der Waals surface area contributed by atoms with Gasteiger partial charge in [0.25, 0.3) is 5.91 Å². The quantitative estimate of drug-likeness (QED) is 0.188. The van der Waals surface area contributed by atoms with Crippen LogP contribution < -0.4 is 0 Å². The number of carbonyl (C=O) groups excluding carboxylic acids is 2. The average molecular weight is 569 g/mol. The number of fused-ring (bicyclic) bond motifs is 3. The molecule has 0 aliphatic carbocycles. The number of amides is 2. The molecule has 9 nitrogen and oxygen atoms in total. The van der Waals surface area contributed by atoms with E-state index in [9.17, 15) is 9.59 Å². The first kappa shape index (κ1) is 27.0. The summed E-state index contributed by atoms with van der Waals surface area (Å²) in [5.41, 5.74) is 5.07. The summed E-state index contributed by atoms with van der Waals surface area (Å²) < 4.78 is 7.47. The third kappa shape index (κ3) is 5.69. The van der Waals surface area contributed by atoms with Gasteiger partial charge in [-0.25, -0.2) is 4.98 Å². The number of rotatable bonds is 8. The van der Waals surface area contributed by atoms with Gasteiger partial charge in [-0.2, -0.15) is 0 Å². The van der Waals surface area contributed by atoms with Crippen molar-refractivity contribution in [3.05, 3.63) is 83.8 Å². The van der Waals surface area contributed by atoms with Crippen molar-refractivity contribution in [1.29, 1.82) is 0 Å². The number of benzene rings is 2. The third-order valence-electron chi connectivity index (χ3n) is 7.53. The van der Waals surface area contributed by atoms with Crippen LogP contribution in [0.15, 0.2) is 76.5 Å². The molecule has 2 aromatic carbocycles. The number of nitrogens with zero attached hydrogens (tertiary/aromatic N) is 6. The van der Waals surface area contributed by atoms with Gasteiger partial charge in [-0.15, -0.1) is 10.2 Å². The molecule has 1 fully saturated rings. The van der Waals surface area contributed by atoms with E-state index in [1.54, 1.807) is 17.0 Å². The van der Waals surface area contributed by atoms with Crippen molar-refractivity contribution in [3.63, 3.8) is 0 Å². The highest BCUT2D eigenvalue weighted by molar-refractivity contribution is 7.99. The predicted octanol–water partition coefficient (Wildman–Crippen LogP) is 5.17. The van der Waals surface area contributed by atoms with E-state index in [1.165, 1.54) is 29.2 Å². The summed E-state index contributed by atoms with van der Waals surface area (Å²) >= 11 is 1.52. The number of hydrogen-bond donors (Lipinski definition) is 0. The number of furan rings is 1. The zero-order valence-electron chi connectivity index (χ0n) is 23.2. The Balaban J connectivity index is 1.08. The summed E-state index contributed by atoms with van der Waals surface area (Å²) in [6.45, 7) is 6.28. The van der Waals surface area contributed by atoms with Crippen molar-refractivity contribution in [2.45, 2.75) is 44.4 Å². The SMILES string of the molecule is Cc1ccc2c(c1)c1nnc(SCCCC(=O)N3CCN(C(=O)c4ccco4)C(C)C3)nc1n2Cc1ccccc1. The maximum absolute atomic E-state index is 12.9. The molecule has 0 bridgehead atoms. The zero-order chi connectivity index (χ0) is 28.3. The molecule has 3 aromatic heterocycles. The zero-order valence-corrected chi connectivity index (χ0v) is 24.0. The van der Waals surface area contributed by atoms with E-state index in [2.05, 4.69) is 52.0 Å². The van der Waals surface area contributed by atoms with Crippen LogP contribution in [0, 0.1) is 6.92 Å². The first-order valence-corrected chi connectivity index (χ1v) is 14.9. The highest BCUT2D eigenvalue weighted by atomic mass is 32.2. The number of hydrogen-bond acceptors (Lipinski definition) is 7. The smallest absolute Gasteiger partial charge is 0.289 e. The van der Waals surface area contributed by atoms with E-state index >= 15 is 0 Å². The molecule has 6 rings (SSSR count). The molecule has 41 heavy (non-hydrogen) atoms. The van der Waals surface area contributed by atoms with Crippen LogP contribution in [0.3, 0.4) is 0 Å². The second kappa shape index (κ2) is 11.7. The fourth-order valence-electron chi connectivity index (χ4n) is 5.41. The molecule has 0 radical (unpaired) electrons. The number of carbonyl (C=O) groups is 2. The van der Waals surface area contributed by atoms with Gasteiger partial charge in [0, 0.05) is 49.8 Å². The maximum Gasteiger partial charge on any atom is 0.289 e. The fourth-order valence-corrected chi connectivity index (χ4v) is 6.14. The number of aryl methyl sites for hydroxylation is 1. The highest BCUT2D eigenvalue weighted by Crippen LogP contribution is 2.29. The molecule has 210 valence electrons. The Morgan fingerprint density at radius 3 is 2.68 bits per heavy atom. The Bertz CT molecular complexity index is 1680. The number of piperazine rings is 1. The molecule has 0 N–H and O–H groups in total. The van der Waals surface area contributed by atoms with E-state index in [1.807, 2.05) is 30.0 Å². The van der Waals surface area contributed by atoms with Crippen LogP contribution in [0.2, 0.25) is 0 Å². The summed E-state index contributed by atoms with van der Waals surface area (Å²) in [6.07, 6.45) is 2.65. The molecule has 1 saturated heterocycles. The van der Waals surface area contributed by atoms with E-state index in [-0.39, 0.29) is 17.9 Å². The van der Waals surface area contributed by atoms with E-state index in [4.69, 9.17) is 9.40 Å². The van der Waals surface area contributed by atoms with Crippen molar-refractivity contribution in [2.24, 2.45) is 0 Å². The minimum atomic E-state index is -0.130. The van der Waals surface area contributed by atoms with Crippen LogP contribution in [-0.2, 0) is 11.3 Å². The van der Waals surface area contributed by atoms with Gasteiger partial charge in [0.2, 0.25) is 11.1 Å². The molecular weight excluding hydrogens is 536 g/mol. The maximum atomic E-state index is 12.9. The minimum absolute atomic E-state index is 0.0719. The van der Waals surface area contributed by atoms with Crippen LogP contribution in [0.1, 0.15) is 41.4 Å². The number of aromatic nitrogens is 4. The molecule has 0 saturated carbocycles. The normalized spacial score (nSPS) is 15.6. The topological polar surface area (TPSA) is 97.4 Å². The first-order valence-electron chi connectivity index (χ1n) is 13.9. The molecule has 1 atom stereocenters. The molecule has 0 spiro atoms. The van der Waals surface area contributed by atoms with Crippen LogP contribution >= 0.6 is 11.8 Å². The van der Waals surface area contributed by atoms with Crippen molar-refractivity contribution < 1.29 is 14.0 Å².